The third-order valence-corrected chi connectivity index (χ3v) is 2.82. The quantitative estimate of drug-likeness (QED) is 0.762. The fourth-order valence-corrected chi connectivity index (χ4v) is 1.90. The van der Waals surface area contributed by atoms with Gasteiger partial charge in [0, 0.05) is 0 Å². The van der Waals surface area contributed by atoms with E-state index in [1.165, 1.54) is 0 Å². The zero-order valence-corrected chi connectivity index (χ0v) is 10.6. The van der Waals surface area contributed by atoms with Crippen LogP contribution in [-0.4, -0.2) is 21.3 Å². The molecule has 0 aliphatic carbocycles. The summed E-state index contributed by atoms with van der Waals surface area (Å²) in [6.07, 6.45) is 0. The molecule has 3 rings (SSSR count). The Balaban J connectivity index is 1.92. The lowest BCUT2D eigenvalue weighted by molar-refractivity contribution is 0.0995. The van der Waals surface area contributed by atoms with Crippen molar-refractivity contribution in [3.63, 3.8) is 0 Å². The molecule has 0 radical (unpaired) electrons. The largest absolute Gasteiger partial charge is 0.444 e. The normalized spacial score (nSPS) is 10.7. The highest BCUT2D eigenvalue weighted by atomic mass is 79.9. The molecule has 0 unspecified atom stereocenters. The van der Waals surface area contributed by atoms with Gasteiger partial charge in [-0.25, -0.2) is 0 Å². The number of carbonyl (C=O) groups is 1. The number of benzene rings is 1. The van der Waals surface area contributed by atoms with Gasteiger partial charge in [0.05, 0.1) is 5.69 Å². The number of halogens is 1. The Labute approximate surface area is 109 Å². The minimum Gasteiger partial charge on any atom is -0.444 e. The van der Waals surface area contributed by atoms with Gasteiger partial charge in [-0.1, -0.05) is 6.07 Å². The number of rotatable bonds is 2. The number of para-hydroxylation sites is 1. The van der Waals surface area contributed by atoms with Crippen LogP contribution in [0.25, 0.3) is 11.0 Å². The Hall–Kier alpha value is -2.15. The van der Waals surface area contributed by atoms with Crippen molar-refractivity contribution in [2.24, 2.45) is 0 Å². The second-order valence-electron chi connectivity index (χ2n) is 3.55. The summed E-state index contributed by atoms with van der Waals surface area (Å²) in [7, 11) is 0. The summed E-state index contributed by atoms with van der Waals surface area (Å²) < 4.78 is 5.68. The van der Waals surface area contributed by atoms with Crippen LogP contribution in [0.2, 0.25) is 0 Å². The van der Waals surface area contributed by atoms with E-state index in [1.807, 2.05) is 0 Å². The van der Waals surface area contributed by atoms with E-state index in [4.69, 9.17) is 4.42 Å². The SMILES string of the molecule is O=C(Nc1cccc2n[nH]nc12)c1ccc(Br)o1. The fraction of sp³-hybridized carbons (Fsp3) is 0. The molecule has 0 aliphatic heterocycles. The number of H-pyrrole nitrogens is 1. The van der Waals surface area contributed by atoms with Crippen LogP contribution in [0, 0.1) is 0 Å². The number of anilines is 1. The highest BCUT2D eigenvalue weighted by Gasteiger charge is 2.13. The molecule has 2 heterocycles. The van der Waals surface area contributed by atoms with Crippen LogP contribution in [-0.2, 0) is 0 Å². The predicted molar refractivity (Wildman–Crippen MR) is 68.2 cm³/mol. The topological polar surface area (TPSA) is 83.8 Å². The number of aromatic amines is 1. The van der Waals surface area contributed by atoms with Crippen LogP contribution in [0.3, 0.4) is 0 Å². The van der Waals surface area contributed by atoms with Crippen molar-refractivity contribution < 1.29 is 9.21 Å². The Morgan fingerprint density at radius 2 is 2.17 bits per heavy atom. The molecule has 0 saturated carbocycles. The van der Waals surface area contributed by atoms with Crippen LogP contribution in [0.15, 0.2) is 39.4 Å². The maximum absolute atomic E-state index is 11.9. The summed E-state index contributed by atoms with van der Waals surface area (Å²) in [5, 5.41) is 13.2. The summed E-state index contributed by atoms with van der Waals surface area (Å²) in [6, 6.07) is 8.59. The summed E-state index contributed by atoms with van der Waals surface area (Å²) in [5.74, 6) is -0.112. The summed E-state index contributed by atoms with van der Waals surface area (Å²) in [6.45, 7) is 0. The molecule has 1 aromatic carbocycles. The first-order valence-corrected chi connectivity index (χ1v) is 5.89. The van der Waals surface area contributed by atoms with Gasteiger partial charge in [-0.15, -0.1) is 0 Å². The molecule has 0 atom stereocenters. The highest BCUT2D eigenvalue weighted by Crippen LogP contribution is 2.20. The molecule has 7 heteroatoms. The zero-order chi connectivity index (χ0) is 12.5. The highest BCUT2D eigenvalue weighted by molar-refractivity contribution is 9.10. The van der Waals surface area contributed by atoms with Gasteiger partial charge < -0.3 is 9.73 Å². The zero-order valence-electron chi connectivity index (χ0n) is 8.98. The van der Waals surface area contributed by atoms with Crippen molar-refractivity contribution >= 4 is 38.6 Å². The molecule has 3 aromatic rings. The summed E-state index contributed by atoms with van der Waals surface area (Å²) in [5.41, 5.74) is 1.88. The smallest absolute Gasteiger partial charge is 0.291 e. The number of amides is 1. The van der Waals surface area contributed by atoms with Crippen LogP contribution in [0.5, 0.6) is 0 Å². The fourth-order valence-electron chi connectivity index (χ4n) is 1.59. The molecule has 0 saturated heterocycles. The minimum atomic E-state index is -0.337. The van der Waals surface area contributed by atoms with Crippen molar-refractivity contribution in [2.75, 3.05) is 5.32 Å². The van der Waals surface area contributed by atoms with Gasteiger partial charge in [0.1, 0.15) is 11.0 Å². The molecule has 2 N–H and O–H groups in total. The van der Waals surface area contributed by atoms with Crippen molar-refractivity contribution in [1.29, 1.82) is 0 Å². The number of hydrogen-bond donors (Lipinski definition) is 2. The van der Waals surface area contributed by atoms with Crippen LogP contribution < -0.4 is 5.32 Å². The van der Waals surface area contributed by atoms with Crippen LogP contribution in [0.4, 0.5) is 5.69 Å². The standard InChI is InChI=1S/C11H7BrN4O2/c12-9-5-4-8(18-9)11(17)13-6-2-1-3-7-10(6)15-16-14-7/h1-5H,(H,13,17)(H,14,15,16). The van der Waals surface area contributed by atoms with Crippen LogP contribution in [0.1, 0.15) is 10.6 Å². The maximum Gasteiger partial charge on any atom is 0.291 e. The molecular weight excluding hydrogens is 300 g/mol. The minimum absolute atomic E-state index is 0.224. The number of aromatic nitrogens is 3. The lowest BCUT2D eigenvalue weighted by atomic mass is 10.2. The molecule has 90 valence electrons. The van der Waals surface area contributed by atoms with E-state index < -0.39 is 0 Å². The van der Waals surface area contributed by atoms with E-state index >= 15 is 0 Å². The Bertz CT molecular complexity index is 718. The third kappa shape index (κ3) is 1.88. The molecule has 1 amide bonds. The van der Waals surface area contributed by atoms with Gasteiger partial charge in [0.2, 0.25) is 0 Å². The van der Waals surface area contributed by atoms with Gasteiger partial charge in [-0.2, -0.15) is 15.4 Å². The number of furan rings is 1. The Morgan fingerprint density at radius 1 is 1.28 bits per heavy atom. The van der Waals surface area contributed by atoms with E-state index in [0.29, 0.717) is 21.4 Å². The number of nitrogens with zero attached hydrogens (tertiary/aromatic N) is 2. The van der Waals surface area contributed by atoms with Crippen molar-refractivity contribution in [3.05, 3.63) is 40.8 Å². The van der Waals surface area contributed by atoms with E-state index in [1.54, 1.807) is 30.3 Å². The summed E-state index contributed by atoms with van der Waals surface area (Å²) >= 11 is 3.15. The van der Waals surface area contributed by atoms with Crippen molar-refractivity contribution in [3.8, 4) is 0 Å². The molecule has 0 bridgehead atoms. The number of hydrogen-bond acceptors (Lipinski definition) is 4. The molecule has 0 fully saturated rings. The van der Waals surface area contributed by atoms with Crippen molar-refractivity contribution in [1.82, 2.24) is 15.4 Å². The molecule has 6 nitrogen and oxygen atoms in total. The van der Waals surface area contributed by atoms with Crippen molar-refractivity contribution in [2.45, 2.75) is 0 Å². The first-order chi connectivity index (χ1) is 8.74. The lowest BCUT2D eigenvalue weighted by Gasteiger charge is -2.02. The third-order valence-electron chi connectivity index (χ3n) is 2.39. The average molecular weight is 307 g/mol. The second kappa shape index (κ2) is 4.26. The monoisotopic (exact) mass is 306 g/mol. The lowest BCUT2D eigenvalue weighted by Crippen LogP contribution is -2.11. The first-order valence-electron chi connectivity index (χ1n) is 5.10. The van der Waals surface area contributed by atoms with Gasteiger partial charge >= 0.3 is 0 Å². The molecule has 0 aliphatic rings. The van der Waals surface area contributed by atoms with Gasteiger partial charge in [-0.3, -0.25) is 4.79 Å². The number of fused-ring (bicyclic) bond motifs is 1. The average Bonchev–Trinajstić information content (AvgIpc) is 2.97. The van der Waals surface area contributed by atoms with Gasteiger partial charge in [0.15, 0.2) is 10.4 Å². The first kappa shape index (κ1) is 11.0. The molecule has 2 aromatic heterocycles. The number of carbonyl (C=O) groups excluding carboxylic acids is 1. The van der Waals surface area contributed by atoms with Crippen LogP contribution >= 0.6 is 15.9 Å². The van der Waals surface area contributed by atoms with E-state index in [-0.39, 0.29) is 11.7 Å². The summed E-state index contributed by atoms with van der Waals surface area (Å²) in [4.78, 5) is 11.9. The van der Waals surface area contributed by atoms with Gasteiger partial charge in [0.25, 0.3) is 5.91 Å². The van der Waals surface area contributed by atoms with E-state index in [0.717, 1.165) is 0 Å². The van der Waals surface area contributed by atoms with E-state index in [9.17, 15) is 4.79 Å². The maximum atomic E-state index is 11.9. The second-order valence-corrected chi connectivity index (χ2v) is 4.34. The predicted octanol–water partition coefficient (Wildman–Crippen LogP) is 2.57. The van der Waals surface area contributed by atoms with Gasteiger partial charge in [-0.05, 0) is 40.2 Å². The van der Waals surface area contributed by atoms with E-state index in [2.05, 4.69) is 36.7 Å². The Morgan fingerprint density at radius 3 is 2.94 bits per heavy atom. The Kier molecular flexibility index (Phi) is 2.60. The molecular formula is C11H7BrN4O2. The number of nitrogens with one attached hydrogen (secondary N) is 2. The molecule has 18 heavy (non-hydrogen) atoms. The molecule has 0 spiro atoms.